The molecule has 0 bridgehead atoms. The molecule has 0 unspecified atom stereocenters. The van der Waals surface area contributed by atoms with Crippen LogP contribution in [-0.4, -0.2) is 41.3 Å². The van der Waals surface area contributed by atoms with Gasteiger partial charge in [0.15, 0.2) is 0 Å². The molecule has 0 aliphatic rings. The Morgan fingerprint density at radius 1 is 1.22 bits per heavy atom. The highest BCUT2D eigenvalue weighted by Gasteiger charge is 2.17. The second-order valence-electron chi connectivity index (χ2n) is 5.04. The molecule has 23 heavy (non-hydrogen) atoms. The van der Waals surface area contributed by atoms with Crippen LogP contribution in [0.2, 0.25) is 10.0 Å². The van der Waals surface area contributed by atoms with Crippen molar-refractivity contribution in [1.29, 1.82) is 0 Å². The van der Waals surface area contributed by atoms with Crippen molar-refractivity contribution in [2.75, 3.05) is 29.9 Å². The summed E-state index contributed by atoms with van der Waals surface area (Å²) < 4.78 is 0. The van der Waals surface area contributed by atoms with E-state index < -0.39 is 0 Å². The molecule has 0 atom stereocenters. The number of carbonyl (C=O) groups excluding carboxylic acids is 2. The van der Waals surface area contributed by atoms with Crippen molar-refractivity contribution in [3.63, 3.8) is 0 Å². The highest BCUT2D eigenvalue weighted by molar-refractivity contribution is 7.99. The number of nitrogens with one attached hydrogen (secondary N) is 1. The lowest BCUT2D eigenvalue weighted by Gasteiger charge is -2.21. The standard InChI is InChI=1S/C16H22Cl2N2O2S/c1-3-7-20(16(22)11-23-8-4-2)10-15(21)19-14-6-5-12(17)9-13(14)18/h5-6,9H,3-4,7-8,10-11H2,1-2H3,(H,19,21). The van der Waals surface area contributed by atoms with E-state index in [1.165, 1.54) is 0 Å². The van der Waals surface area contributed by atoms with Crippen molar-refractivity contribution in [2.45, 2.75) is 26.7 Å². The van der Waals surface area contributed by atoms with Gasteiger partial charge in [-0.05, 0) is 36.8 Å². The molecule has 0 radical (unpaired) electrons. The largest absolute Gasteiger partial charge is 0.333 e. The molecule has 1 aromatic rings. The molecule has 0 saturated carbocycles. The summed E-state index contributed by atoms with van der Waals surface area (Å²) in [6.45, 7) is 4.64. The van der Waals surface area contributed by atoms with Crippen molar-refractivity contribution in [3.8, 4) is 0 Å². The molecule has 4 nitrogen and oxygen atoms in total. The van der Waals surface area contributed by atoms with Crippen LogP contribution in [0.5, 0.6) is 0 Å². The van der Waals surface area contributed by atoms with E-state index in [1.807, 2.05) is 6.92 Å². The molecule has 1 N–H and O–H groups in total. The smallest absolute Gasteiger partial charge is 0.244 e. The minimum atomic E-state index is -0.267. The first-order chi connectivity index (χ1) is 11.0. The SMILES string of the molecule is CCCSCC(=O)N(CCC)CC(=O)Nc1ccc(Cl)cc1Cl. The quantitative estimate of drug-likeness (QED) is 0.653. The fraction of sp³-hybridized carbons (Fsp3) is 0.500. The van der Waals surface area contributed by atoms with Crippen LogP contribution in [0, 0.1) is 0 Å². The summed E-state index contributed by atoms with van der Waals surface area (Å²) in [5.74, 6) is 1.07. The molecule has 0 saturated heterocycles. The topological polar surface area (TPSA) is 49.4 Å². The number of hydrogen-bond donors (Lipinski definition) is 1. The lowest BCUT2D eigenvalue weighted by atomic mass is 10.3. The summed E-state index contributed by atoms with van der Waals surface area (Å²) in [6, 6.07) is 4.86. The first-order valence-electron chi connectivity index (χ1n) is 7.58. The summed E-state index contributed by atoms with van der Waals surface area (Å²) in [5.41, 5.74) is 0.491. The van der Waals surface area contributed by atoms with Gasteiger partial charge in [-0.2, -0.15) is 11.8 Å². The zero-order valence-electron chi connectivity index (χ0n) is 13.4. The highest BCUT2D eigenvalue weighted by Crippen LogP contribution is 2.25. The van der Waals surface area contributed by atoms with Crippen LogP contribution in [0.15, 0.2) is 18.2 Å². The Labute approximate surface area is 151 Å². The lowest BCUT2D eigenvalue weighted by molar-refractivity contribution is -0.132. The van der Waals surface area contributed by atoms with Crippen molar-refractivity contribution >= 4 is 52.5 Å². The molecular formula is C16H22Cl2N2O2S. The van der Waals surface area contributed by atoms with E-state index >= 15 is 0 Å². The molecule has 0 aliphatic heterocycles. The number of rotatable bonds is 9. The van der Waals surface area contributed by atoms with Crippen LogP contribution >= 0.6 is 35.0 Å². The van der Waals surface area contributed by atoms with Crippen LogP contribution in [0.4, 0.5) is 5.69 Å². The monoisotopic (exact) mass is 376 g/mol. The predicted octanol–water partition coefficient (Wildman–Crippen LogP) is 4.31. The summed E-state index contributed by atoms with van der Waals surface area (Å²) in [4.78, 5) is 25.9. The van der Waals surface area contributed by atoms with E-state index in [-0.39, 0.29) is 18.4 Å². The molecule has 0 aromatic heterocycles. The molecule has 128 valence electrons. The molecule has 0 heterocycles. The van der Waals surface area contributed by atoms with E-state index in [4.69, 9.17) is 23.2 Å². The molecule has 0 aliphatic carbocycles. The third-order valence-corrected chi connectivity index (χ3v) is 4.66. The van der Waals surface area contributed by atoms with Gasteiger partial charge in [-0.15, -0.1) is 0 Å². The second kappa shape index (κ2) is 10.8. The van der Waals surface area contributed by atoms with Gasteiger partial charge in [0.1, 0.15) is 0 Å². The Morgan fingerprint density at radius 2 is 1.96 bits per heavy atom. The summed E-state index contributed by atoms with van der Waals surface area (Å²) in [7, 11) is 0. The molecule has 1 aromatic carbocycles. The lowest BCUT2D eigenvalue weighted by Crippen LogP contribution is -2.39. The van der Waals surface area contributed by atoms with Crippen LogP contribution in [0.1, 0.15) is 26.7 Å². The number of anilines is 1. The molecule has 1 rings (SSSR count). The third kappa shape index (κ3) is 7.46. The summed E-state index contributed by atoms with van der Waals surface area (Å²) in [6.07, 6.45) is 1.83. The number of nitrogens with zero attached hydrogens (tertiary/aromatic N) is 1. The normalized spacial score (nSPS) is 10.4. The Bertz CT molecular complexity index is 541. The number of carbonyl (C=O) groups is 2. The zero-order chi connectivity index (χ0) is 17.2. The van der Waals surface area contributed by atoms with E-state index in [0.29, 0.717) is 28.0 Å². The van der Waals surface area contributed by atoms with Gasteiger partial charge in [-0.3, -0.25) is 9.59 Å². The number of amides is 2. The van der Waals surface area contributed by atoms with Crippen LogP contribution < -0.4 is 5.32 Å². The molecule has 0 spiro atoms. The van der Waals surface area contributed by atoms with Crippen molar-refractivity contribution in [1.82, 2.24) is 4.90 Å². The summed E-state index contributed by atoms with van der Waals surface area (Å²) >= 11 is 13.5. The Balaban J connectivity index is 2.61. The number of thioether (sulfide) groups is 1. The maximum atomic E-state index is 12.2. The first kappa shape index (κ1) is 20.1. The number of halogens is 2. The first-order valence-corrected chi connectivity index (χ1v) is 9.49. The van der Waals surface area contributed by atoms with Gasteiger partial charge in [0.05, 0.1) is 23.0 Å². The van der Waals surface area contributed by atoms with E-state index in [2.05, 4.69) is 12.2 Å². The number of hydrogen-bond acceptors (Lipinski definition) is 3. The molecule has 0 fully saturated rings. The van der Waals surface area contributed by atoms with Gasteiger partial charge in [0.25, 0.3) is 0 Å². The third-order valence-electron chi connectivity index (χ3n) is 2.96. The highest BCUT2D eigenvalue weighted by atomic mass is 35.5. The van der Waals surface area contributed by atoms with Crippen LogP contribution in [-0.2, 0) is 9.59 Å². The van der Waals surface area contributed by atoms with Crippen LogP contribution in [0.3, 0.4) is 0 Å². The van der Waals surface area contributed by atoms with E-state index in [1.54, 1.807) is 34.9 Å². The van der Waals surface area contributed by atoms with Crippen molar-refractivity contribution < 1.29 is 9.59 Å². The maximum Gasteiger partial charge on any atom is 0.244 e. The molecule has 7 heteroatoms. The number of benzene rings is 1. The van der Waals surface area contributed by atoms with Crippen molar-refractivity contribution in [2.24, 2.45) is 0 Å². The van der Waals surface area contributed by atoms with Gasteiger partial charge in [-0.25, -0.2) is 0 Å². The van der Waals surface area contributed by atoms with Crippen LogP contribution in [0.25, 0.3) is 0 Å². The zero-order valence-corrected chi connectivity index (χ0v) is 15.7. The maximum absolute atomic E-state index is 12.2. The van der Waals surface area contributed by atoms with Gasteiger partial charge in [0, 0.05) is 11.6 Å². The minimum absolute atomic E-state index is 0.0114. The molecular weight excluding hydrogens is 355 g/mol. The Kier molecular flexibility index (Phi) is 9.44. The van der Waals surface area contributed by atoms with E-state index in [0.717, 1.165) is 18.6 Å². The van der Waals surface area contributed by atoms with E-state index in [9.17, 15) is 9.59 Å². The fourth-order valence-electron chi connectivity index (χ4n) is 1.91. The summed E-state index contributed by atoms with van der Waals surface area (Å²) in [5, 5.41) is 3.59. The van der Waals surface area contributed by atoms with Gasteiger partial charge < -0.3 is 10.2 Å². The van der Waals surface area contributed by atoms with Crippen molar-refractivity contribution in [3.05, 3.63) is 28.2 Å². The predicted molar refractivity (Wildman–Crippen MR) is 99.6 cm³/mol. The van der Waals surface area contributed by atoms with Gasteiger partial charge >= 0.3 is 0 Å². The minimum Gasteiger partial charge on any atom is -0.333 e. The average Bonchev–Trinajstić information content (AvgIpc) is 2.50. The molecule has 2 amide bonds. The van der Waals surface area contributed by atoms with Gasteiger partial charge in [-0.1, -0.05) is 37.0 Å². The average molecular weight is 377 g/mol. The van der Waals surface area contributed by atoms with Gasteiger partial charge in [0.2, 0.25) is 11.8 Å². The Hall–Kier alpha value is -0.910. The second-order valence-corrected chi connectivity index (χ2v) is 6.99. The fourth-order valence-corrected chi connectivity index (χ4v) is 3.16. The Morgan fingerprint density at radius 3 is 2.57 bits per heavy atom.